The SMILES string of the molecule is Nc1cccc(C#Cc2cc3n(c2)CCCC3=O)n1. The fraction of sp³-hybridized carbons (Fsp3) is 0.200. The maximum absolute atomic E-state index is 11.7. The third kappa shape index (κ3) is 2.36. The van der Waals surface area contributed by atoms with Crippen molar-refractivity contribution in [3.63, 3.8) is 0 Å². The summed E-state index contributed by atoms with van der Waals surface area (Å²) in [7, 11) is 0. The topological polar surface area (TPSA) is 60.9 Å². The van der Waals surface area contributed by atoms with Crippen molar-refractivity contribution in [3.8, 4) is 11.8 Å². The minimum absolute atomic E-state index is 0.196. The first kappa shape index (κ1) is 11.5. The van der Waals surface area contributed by atoms with Crippen LogP contribution in [0.5, 0.6) is 0 Å². The molecule has 2 aromatic heterocycles. The van der Waals surface area contributed by atoms with Crippen LogP contribution >= 0.6 is 0 Å². The number of hydrogen-bond donors (Lipinski definition) is 1. The van der Waals surface area contributed by atoms with Crippen molar-refractivity contribution < 1.29 is 4.79 Å². The summed E-state index contributed by atoms with van der Waals surface area (Å²) in [5.74, 6) is 6.64. The Morgan fingerprint density at radius 1 is 1.32 bits per heavy atom. The number of carbonyl (C=O) groups excluding carboxylic acids is 1. The molecular weight excluding hydrogens is 238 g/mol. The van der Waals surface area contributed by atoms with E-state index in [0.717, 1.165) is 24.2 Å². The number of nitrogen functional groups attached to an aromatic ring is 1. The molecule has 1 aliphatic rings. The van der Waals surface area contributed by atoms with Crippen molar-refractivity contribution in [1.82, 2.24) is 9.55 Å². The van der Waals surface area contributed by atoms with Gasteiger partial charge in [-0.25, -0.2) is 4.98 Å². The van der Waals surface area contributed by atoms with E-state index >= 15 is 0 Å². The number of fused-ring (bicyclic) bond motifs is 1. The fourth-order valence-electron chi connectivity index (χ4n) is 2.19. The fourth-order valence-corrected chi connectivity index (χ4v) is 2.19. The number of nitrogens with two attached hydrogens (primary N) is 1. The Kier molecular flexibility index (Phi) is 2.81. The van der Waals surface area contributed by atoms with Gasteiger partial charge >= 0.3 is 0 Å². The Labute approximate surface area is 111 Å². The first-order valence-electron chi connectivity index (χ1n) is 6.20. The molecule has 1 aliphatic heterocycles. The average Bonchev–Trinajstić information content (AvgIpc) is 2.81. The second-order valence-corrected chi connectivity index (χ2v) is 4.53. The summed E-state index contributed by atoms with van der Waals surface area (Å²) in [6.07, 6.45) is 3.46. The number of aryl methyl sites for hydroxylation is 1. The molecule has 19 heavy (non-hydrogen) atoms. The van der Waals surface area contributed by atoms with Crippen molar-refractivity contribution in [2.24, 2.45) is 0 Å². The summed E-state index contributed by atoms with van der Waals surface area (Å²) in [4.78, 5) is 15.8. The van der Waals surface area contributed by atoms with E-state index in [2.05, 4.69) is 16.8 Å². The monoisotopic (exact) mass is 251 g/mol. The lowest BCUT2D eigenvalue weighted by atomic mass is 10.1. The zero-order chi connectivity index (χ0) is 13.2. The standard InChI is InChI=1S/C15H13N3O/c16-15-5-1-3-12(17-15)7-6-11-9-13-14(19)4-2-8-18(13)10-11/h1,3,5,9-10H,2,4,8H2,(H2,16,17). The van der Waals surface area contributed by atoms with Gasteiger partial charge in [0, 0.05) is 24.7 Å². The van der Waals surface area contributed by atoms with Gasteiger partial charge in [0.05, 0.1) is 5.69 Å². The molecule has 0 amide bonds. The summed E-state index contributed by atoms with van der Waals surface area (Å²) < 4.78 is 1.97. The molecular formula is C15H13N3O. The number of rotatable bonds is 0. The number of Topliss-reactive ketones (excluding diaryl/α,β-unsaturated/α-hetero) is 1. The van der Waals surface area contributed by atoms with E-state index in [1.165, 1.54) is 0 Å². The number of carbonyl (C=O) groups is 1. The Bertz CT molecular complexity index is 704. The van der Waals surface area contributed by atoms with Crippen molar-refractivity contribution in [1.29, 1.82) is 0 Å². The molecule has 0 bridgehead atoms. The van der Waals surface area contributed by atoms with Crippen LogP contribution in [0.25, 0.3) is 0 Å². The van der Waals surface area contributed by atoms with Crippen molar-refractivity contribution in [2.45, 2.75) is 19.4 Å². The lowest BCUT2D eigenvalue weighted by Crippen LogP contribution is -2.14. The quantitative estimate of drug-likeness (QED) is 0.727. The molecule has 0 spiro atoms. The number of hydrogen-bond acceptors (Lipinski definition) is 3. The molecule has 3 rings (SSSR count). The predicted molar refractivity (Wildman–Crippen MR) is 72.6 cm³/mol. The largest absolute Gasteiger partial charge is 0.384 e. The maximum atomic E-state index is 11.7. The smallest absolute Gasteiger partial charge is 0.179 e. The van der Waals surface area contributed by atoms with Gasteiger partial charge in [-0.3, -0.25) is 4.79 Å². The summed E-state index contributed by atoms with van der Waals surface area (Å²) in [5, 5.41) is 0. The summed E-state index contributed by atoms with van der Waals surface area (Å²) in [6, 6.07) is 7.20. The highest BCUT2D eigenvalue weighted by Gasteiger charge is 2.17. The summed E-state index contributed by atoms with van der Waals surface area (Å²) in [5.41, 5.74) is 7.83. The van der Waals surface area contributed by atoms with Gasteiger partial charge in [0.25, 0.3) is 0 Å². The first-order valence-corrected chi connectivity index (χ1v) is 6.20. The van der Waals surface area contributed by atoms with Crippen LogP contribution in [-0.4, -0.2) is 15.3 Å². The molecule has 0 saturated carbocycles. The highest BCUT2D eigenvalue weighted by molar-refractivity contribution is 5.95. The second-order valence-electron chi connectivity index (χ2n) is 4.53. The molecule has 0 aromatic carbocycles. The van der Waals surface area contributed by atoms with E-state index in [0.29, 0.717) is 17.9 Å². The van der Waals surface area contributed by atoms with Crippen LogP contribution in [0.4, 0.5) is 5.82 Å². The number of anilines is 1. The first-order chi connectivity index (χ1) is 9.22. The third-order valence-corrected chi connectivity index (χ3v) is 3.09. The van der Waals surface area contributed by atoms with Gasteiger partial charge < -0.3 is 10.3 Å². The van der Waals surface area contributed by atoms with E-state index in [1.807, 2.05) is 29.0 Å². The Hall–Kier alpha value is -2.54. The van der Waals surface area contributed by atoms with Gasteiger partial charge in [-0.15, -0.1) is 0 Å². The second kappa shape index (κ2) is 4.62. The molecule has 3 heterocycles. The van der Waals surface area contributed by atoms with Gasteiger partial charge in [0.15, 0.2) is 5.78 Å². The van der Waals surface area contributed by atoms with Crippen LogP contribution in [0.15, 0.2) is 30.5 Å². The van der Waals surface area contributed by atoms with Crippen LogP contribution in [0, 0.1) is 11.8 Å². The zero-order valence-electron chi connectivity index (χ0n) is 10.4. The molecule has 0 unspecified atom stereocenters. The maximum Gasteiger partial charge on any atom is 0.179 e. The molecule has 2 aromatic rings. The molecule has 0 atom stereocenters. The summed E-state index contributed by atoms with van der Waals surface area (Å²) >= 11 is 0. The molecule has 2 N–H and O–H groups in total. The minimum Gasteiger partial charge on any atom is -0.384 e. The third-order valence-electron chi connectivity index (χ3n) is 3.09. The van der Waals surface area contributed by atoms with E-state index in [1.54, 1.807) is 6.07 Å². The Morgan fingerprint density at radius 3 is 3.00 bits per heavy atom. The highest BCUT2D eigenvalue weighted by Crippen LogP contribution is 2.17. The molecule has 0 radical (unpaired) electrons. The van der Waals surface area contributed by atoms with E-state index < -0.39 is 0 Å². The molecule has 0 saturated heterocycles. The van der Waals surface area contributed by atoms with Crippen LogP contribution in [0.3, 0.4) is 0 Å². The van der Waals surface area contributed by atoms with E-state index in [4.69, 9.17) is 5.73 Å². The van der Waals surface area contributed by atoms with Crippen LogP contribution in [0.2, 0.25) is 0 Å². The van der Waals surface area contributed by atoms with Crippen molar-refractivity contribution >= 4 is 11.6 Å². The lowest BCUT2D eigenvalue weighted by molar-refractivity contribution is 0.0955. The van der Waals surface area contributed by atoms with Gasteiger partial charge in [-0.2, -0.15) is 0 Å². The number of pyridine rings is 1. The van der Waals surface area contributed by atoms with E-state index in [-0.39, 0.29) is 5.78 Å². The van der Waals surface area contributed by atoms with Gasteiger partial charge in [0.1, 0.15) is 11.5 Å². The highest BCUT2D eigenvalue weighted by atomic mass is 16.1. The zero-order valence-corrected chi connectivity index (χ0v) is 10.4. The van der Waals surface area contributed by atoms with Crippen LogP contribution in [0.1, 0.15) is 34.6 Å². The van der Waals surface area contributed by atoms with Crippen LogP contribution in [-0.2, 0) is 6.54 Å². The molecule has 0 aliphatic carbocycles. The van der Waals surface area contributed by atoms with Gasteiger partial charge in [-0.05, 0) is 30.5 Å². The molecule has 4 nitrogen and oxygen atoms in total. The Balaban J connectivity index is 1.91. The molecule has 4 heteroatoms. The van der Waals surface area contributed by atoms with Gasteiger partial charge in [0.2, 0.25) is 0 Å². The molecule has 94 valence electrons. The van der Waals surface area contributed by atoms with Crippen LogP contribution < -0.4 is 5.73 Å². The number of nitrogens with zero attached hydrogens (tertiary/aromatic N) is 2. The molecule has 0 fully saturated rings. The minimum atomic E-state index is 0.196. The Morgan fingerprint density at radius 2 is 2.21 bits per heavy atom. The normalized spacial score (nSPS) is 13.6. The van der Waals surface area contributed by atoms with Crippen molar-refractivity contribution in [2.75, 3.05) is 5.73 Å². The lowest BCUT2D eigenvalue weighted by Gasteiger charge is -2.12. The predicted octanol–water partition coefficient (Wildman–Crippen LogP) is 1.84. The number of ketones is 1. The van der Waals surface area contributed by atoms with Crippen molar-refractivity contribution in [3.05, 3.63) is 47.4 Å². The average molecular weight is 251 g/mol. The number of aromatic nitrogens is 2. The summed E-state index contributed by atoms with van der Waals surface area (Å²) in [6.45, 7) is 0.888. The van der Waals surface area contributed by atoms with E-state index in [9.17, 15) is 4.79 Å². The van der Waals surface area contributed by atoms with Gasteiger partial charge in [-0.1, -0.05) is 12.0 Å².